The molecule has 0 saturated heterocycles. The molecular formula is C24H23N3O. The van der Waals surface area contributed by atoms with Crippen molar-refractivity contribution in [3.05, 3.63) is 94.9 Å². The lowest BCUT2D eigenvalue weighted by atomic mass is 9.97. The van der Waals surface area contributed by atoms with Crippen molar-refractivity contribution in [2.45, 2.75) is 26.0 Å². The van der Waals surface area contributed by atoms with E-state index in [1.165, 1.54) is 22.2 Å². The van der Waals surface area contributed by atoms with Crippen LogP contribution in [-0.4, -0.2) is 16.5 Å². The van der Waals surface area contributed by atoms with E-state index in [0.717, 1.165) is 35.6 Å². The molecule has 0 fully saturated rings. The number of benzene rings is 2. The van der Waals surface area contributed by atoms with Gasteiger partial charge < -0.3 is 15.0 Å². The molecule has 0 bridgehead atoms. The second kappa shape index (κ2) is 7.13. The van der Waals surface area contributed by atoms with Crippen molar-refractivity contribution >= 4 is 10.9 Å². The maximum Gasteiger partial charge on any atom is 0.120 e. The van der Waals surface area contributed by atoms with Crippen molar-refractivity contribution < 1.29 is 4.74 Å². The number of aromatic amines is 1. The molecule has 3 heterocycles. The molecule has 1 unspecified atom stereocenters. The minimum atomic E-state index is 0.102. The summed E-state index contributed by atoms with van der Waals surface area (Å²) in [4.78, 5) is 8.37. The van der Waals surface area contributed by atoms with E-state index < -0.39 is 0 Å². The number of aryl methyl sites for hydroxylation is 1. The minimum Gasteiger partial charge on any atom is -0.489 e. The van der Waals surface area contributed by atoms with Crippen LogP contribution in [0.25, 0.3) is 10.9 Å². The lowest BCUT2D eigenvalue weighted by Gasteiger charge is -2.24. The fourth-order valence-corrected chi connectivity index (χ4v) is 4.02. The average Bonchev–Trinajstić information content (AvgIpc) is 3.11. The second-order valence-corrected chi connectivity index (χ2v) is 7.34. The number of H-pyrrole nitrogens is 1. The number of aromatic nitrogens is 2. The van der Waals surface area contributed by atoms with Gasteiger partial charge in [-0.2, -0.15) is 0 Å². The van der Waals surface area contributed by atoms with Gasteiger partial charge in [-0.1, -0.05) is 36.4 Å². The van der Waals surface area contributed by atoms with Gasteiger partial charge in [-0.3, -0.25) is 4.98 Å². The summed E-state index contributed by atoms with van der Waals surface area (Å²) < 4.78 is 6.05. The Bertz CT molecular complexity index is 1120. The fraction of sp³-hybridized carbons (Fsp3) is 0.208. The SMILES string of the molecule is Cc1cccc(C2NCCc3c2[nH]c2ccc(OCc4ccccc4)cc32)n1. The van der Waals surface area contributed by atoms with Gasteiger partial charge in [0.25, 0.3) is 0 Å². The van der Waals surface area contributed by atoms with E-state index in [2.05, 4.69) is 46.7 Å². The van der Waals surface area contributed by atoms with E-state index in [0.29, 0.717) is 6.61 Å². The van der Waals surface area contributed by atoms with Crippen LogP contribution in [0.15, 0.2) is 66.7 Å². The Labute approximate surface area is 164 Å². The number of fused-ring (bicyclic) bond motifs is 3. The first kappa shape index (κ1) is 17.0. The summed E-state index contributed by atoms with van der Waals surface area (Å²) >= 11 is 0. The second-order valence-electron chi connectivity index (χ2n) is 7.34. The normalized spacial score (nSPS) is 16.1. The van der Waals surface area contributed by atoms with E-state index in [9.17, 15) is 0 Å². The van der Waals surface area contributed by atoms with Crippen molar-refractivity contribution in [3.63, 3.8) is 0 Å². The van der Waals surface area contributed by atoms with Gasteiger partial charge in [-0.05, 0) is 54.8 Å². The standard InChI is InChI=1S/C24H23N3O/c1-16-6-5-9-22(26-16)24-23-19(12-13-25-24)20-14-18(10-11-21(20)27-23)28-15-17-7-3-2-4-8-17/h2-11,14,24-25,27H,12-13,15H2,1H3. The van der Waals surface area contributed by atoms with E-state index in [-0.39, 0.29) is 6.04 Å². The lowest BCUT2D eigenvalue weighted by molar-refractivity contribution is 0.306. The Hall–Kier alpha value is -3.11. The first-order valence-electron chi connectivity index (χ1n) is 9.76. The molecule has 1 aliphatic heterocycles. The van der Waals surface area contributed by atoms with Crippen molar-refractivity contribution in [1.82, 2.24) is 15.3 Å². The van der Waals surface area contributed by atoms with Crippen LogP contribution < -0.4 is 10.1 Å². The largest absolute Gasteiger partial charge is 0.489 e. The highest BCUT2D eigenvalue weighted by molar-refractivity contribution is 5.86. The Morgan fingerprint density at radius 1 is 1.04 bits per heavy atom. The van der Waals surface area contributed by atoms with Crippen molar-refractivity contribution in [2.75, 3.05) is 6.54 Å². The highest BCUT2D eigenvalue weighted by Crippen LogP contribution is 2.34. The molecule has 2 aromatic carbocycles. The van der Waals surface area contributed by atoms with Gasteiger partial charge >= 0.3 is 0 Å². The van der Waals surface area contributed by atoms with Crippen LogP contribution in [0, 0.1) is 6.92 Å². The summed E-state index contributed by atoms with van der Waals surface area (Å²) in [7, 11) is 0. The van der Waals surface area contributed by atoms with Gasteiger partial charge in [0.05, 0.1) is 11.7 Å². The average molecular weight is 369 g/mol. The summed E-state index contributed by atoms with van der Waals surface area (Å²) in [5, 5.41) is 4.87. The van der Waals surface area contributed by atoms with Crippen molar-refractivity contribution in [3.8, 4) is 5.75 Å². The summed E-state index contributed by atoms with van der Waals surface area (Å²) in [6, 6.07) is 22.9. The van der Waals surface area contributed by atoms with E-state index in [1.54, 1.807) is 0 Å². The molecule has 0 amide bonds. The molecular weight excluding hydrogens is 346 g/mol. The third-order valence-electron chi connectivity index (χ3n) is 5.38. The Morgan fingerprint density at radius 2 is 1.93 bits per heavy atom. The van der Waals surface area contributed by atoms with Gasteiger partial charge in [0, 0.05) is 28.8 Å². The predicted molar refractivity (Wildman–Crippen MR) is 112 cm³/mol. The zero-order chi connectivity index (χ0) is 18.9. The van der Waals surface area contributed by atoms with Crippen LogP contribution in [0.5, 0.6) is 5.75 Å². The first-order chi connectivity index (χ1) is 13.8. The van der Waals surface area contributed by atoms with Crippen LogP contribution >= 0.6 is 0 Å². The molecule has 0 aliphatic carbocycles. The predicted octanol–water partition coefficient (Wildman–Crippen LogP) is 4.69. The van der Waals surface area contributed by atoms with Gasteiger partial charge in [0.15, 0.2) is 0 Å². The third kappa shape index (κ3) is 3.16. The molecule has 4 nitrogen and oxygen atoms in total. The van der Waals surface area contributed by atoms with Crippen molar-refractivity contribution in [2.24, 2.45) is 0 Å². The monoisotopic (exact) mass is 369 g/mol. The number of hydrogen-bond donors (Lipinski definition) is 2. The highest BCUT2D eigenvalue weighted by atomic mass is 16.5. The smallest absolute Gasteiger partial charge is 0.120 e. The Kier molecular flexibility index (Phi) is 4.34. The van der Waals surface area contributed by atoms with Crippen LogP contribution in [-0.2, 0) is 13.0 Å². The fourth-order valence-electron chi connectivity index (χ4n) is 4.02. The molecule has 5 rings (SSSR count). The first-order valence-corrected chi connectivity index (χ1v) is 9.76. The zero-order valence-electron chi connectivity index (χ0n) is 15.9. The number of pyridine rings is 1. The topological polar surface area (TPSA) is 49.9 Å². The van der Waals surface area contributed by atoms with Crippen LogP contribution in [0.1, 0.15) is 34.3 Å². The number of nitrogens with one attached hydrogen (secondary N) is 2. The lowest BCUT2D eigenvalue weighted by Crippen LogP contribution is -2.31. The third-order valence-corrected chi connectivity index (χ3v) is 5.38. The van der Waals surface area contributed by atoms with Crippen LogP contribution in [0.2, 0.25) is 0 Å². The van der Waals surface area contributed by atoms with E-state index >= 15 is 0 Å². The maximum atomic E-state index is 6.05. The number of hydrogen-bond acceptors (Lipinski definition) is 3. The van der Waals surface area contributed by atoms with Gasteiger partial charge in [0.1, 0.15) is 12.4 Å². The van der Waals surface area contributed by atoms with E-state index in [1.807, 2.05) is 37.3 Å². The molecule has 28 heavy (non-hydrogen) atoms. The van der Waals surface area contributed by atoms with Gasteiger partial charge in [0.2, 0.25) is 0 Å². The van der Waals surface area contributed by atoms with Crippen LogP contribution in [0.4, 0.5) is 0 Å². The molecule has 4 heteroatoms. The summed E-state index contributed by atoms with van der Waals surface area (Å²) in [5.41, 5.74) is 7.02. The number of nitrogens with zero attached hydrogens (tertiary/aromatic N) is 1. The Balaban J connectivity index is 1.48. The molecule has 2 N–H and O–H groups in total. The zero-order valence-corrected chi connectivity index (χ0v) is 15.9. The summed E-state index contributed by atoms with van der Waals surface area (Å²) in [5.74, 6) is 0.905. The maximum absolute atomic E-state index is 6.05. The molecule has 4 aromatic rings. The molecule has 1 atom stereocenters. The quantitative estimate of drug-likeness (QED) is 0.549. The molecule has 140 valence electrons. The molecule has 0 saturated carbocycles. The van der Waals surface area contributed by atoms with Gasteiger partial charge in [-0.15, -0.1) is 0 Å². The van der Waals surface area contributed by atoms with Gasteiger partial charge in [-0.25, -0.2) is 0 Å². The summed E-state index contributed by atoms with van der Waals surface area (Å²) in [6.07, 6.45) is 1.000. The number of ether oxygens (including phenoxy) is 1. The molecule has 0 radical (unpaired) electrons. The minimum absolute atomic E-state index is 0.102. The Morgan fingerprint density at radius 3 is 2.79 bits per heavy atom. The van der Waals surface area contributed by atoms with Crippen LogP contribution in [0.3, 0.4) is 0 Å². The molecule has 0 spiro atoms. The van der Waals surface area contributed by atoms with Crippen molar-refractivity contribution in [1.29, 1.82) is 0 Å². The highest BCUT2D eigenvalue weighted by Gasteiger charge is 2.26. The molecule has 1 aliphatic rings. The van der Waals surface area contributed by atoms with E-state index in [4.69, 9.17) is 9.72 Å². The summed E-state index contributed by atoms with van der Waals surface area (Å²) in [6.45, 7) is 3.56. The number of rotatable bonds is 4. The molecule has 2 aromatic heterocycles.